The third-order valence-corrected chi connectivity index (χ3v) is 3.08. The second-order valence-electron chi connectivity index (χ2n) is 5.81. The molecule has 0 saturated carbocycles. The average molecular weight is 321 g/mol. The molecule has 0 amide bonds. The van der Waals surface area contributed by atoms with Gasteiger partial charge in [-0.05, 0) is 48.5 Å². The van der Waals surface area contributed by atoms with Gasteiger partial charge in [0.05, 0.1) is 24.9 Å². The predicted molar refractivity (Wildman–Crippen MR) is 87.0 cm³/mol. The van der Waals surface area contributed by atoms with Crippen LogP contribution in [0.3, 0.4) is 0 Å². The highest BCUT2D eigenvalue weighted by molar-refractivity contribution is 5.98. The van der Waals surface area contributed by atoms with Gasteiger partial charge in [-0.15, -0.1) is 6.58 Å². The summed E-state index contributed by atoms with van der Waals surface area (Å²) in [5.74, 6) is -2.61. The van der Waals surface area contributed by atoms with Gasteiger partial charge in [0, 0.05) is 0 Å². The van der Waals surface area contributed by atoms with Gasteiger partial charge in [0.2, 0.25) is 5.79 Å². The number of ether oxygens (including phenoxy) is 4. The van der Waals surface area contributed by atoms with E-state index in [1.807, 2.05) is 41.5 Å². The van der Waals surface area contributed by atoms with E-state index in [-0.39, 0.29) is 18.3 Å². The average Bonchev–Trinajstić information content (AvgIpc) is 2.33. The van der Waals surface area contributed by atoms with Crippen molar-refractivity contribution in [1.82, 2.24) is 0 Å². The topological polar surface area (TPSA) is 46.2 Å². The Labute approximate surface area is 132 Å². The van der Waals surface area contributed by atoms with Crippen molar-refractivity contribution < 1.29 is 23.4 Å². The molecule has 0 saturated heterocycles. The highest BCUT2D eigenvalue weighted by Gasteiger charge is 2.56. The van der Waals surface area contributed by atoms with Crippen LogP contribution in [0, 0.1) is 0 Å². The van der Waals surface area contributed by atoms with Crippen LogP contribution in [0.2, 0.25) is 0 Å². The van der Waals surface area contributed by atoms with Gasteiger partial charge in [0.1, 0.15) is 0 Å². The SMILES string of the molecule is C=CCOC(C)(OC(C)C)C(O[SiH3])(OC(C)C)OC(C)C. The molecule has 0 aliphatic heterocycles. The second-order valence-corrected chi connectivity index (χ2v) is 6.21. The second kappa shape index (κ2) is 9.02. The lowest BCUT2D eigenvalue weighted by atomic mass is 10.2. The number of hydrogen-bond acceptors (Lipinski definition) is 5. The van der Waals surface area contributed by atoms with E-state index in [0.29, 0.717) is 17.1 Å². The Morgan fingerprint density at radius 1 is 0.952 bits per heavy atom. The summed E-state index contributed by atoms with van der Waals surface area (Å²) in [7, 11) is 0.411. The van der Waals surface area contributed by atoms with Crippen molar-refractivity contribution in [2.75, 3.05) is 6.61 Å². The quantitative estimate of drug-likeness (QED) is 0.331. The summed E-state index contributed by atoms with van der Waals surface area (Å²) in [4.78, 5) is 0. The van der Waals surface area contributed by atoms with Crippen molar-refractivity contribution in [2.24, 2.45) is 0 Å². The Morgan fingerprint density at radius 3 is 1.67 bits per heavy atom. The van der Waals surface area contributed by atoms with E-state index < -0.39 is 11.8 Å². The minimum atomic E-state index is -1.41. The lowest BCUT2D eigenvalue weighted by Gasteiger charge is -2.47. The maximum atomic E-state index is 5.98. The summed E-state index contributed by atoms with van der Waals surface area (Å²) in [5, 5.41) is 0. The van der Waals surface area contributed by atoms with Crippen molar-refractivity contribution in [3.8, 4) is 0 Å². The fourth-order valence-electron chi connectivity index (χ4n) is 2.01. The predicted octanol–water partition coefficient (Wildman–Crippen LogP) is 2.13. The number of hydrogen-bond donors (Lipinski definition) is 0. The van der Waals surface area contributed by atoms with Gasteiger partial charge >= 0.3 is 5.97 Å². The van der Waals surface area contributed by atoms with Gasteiger partial charge in [-0.1, -0.05) is 6.08 Å². The number of rotatable bonds is 11. The minimum absolute atomic E-state index is 0.0810. The van der Waals surface area contributed by atoms with Crippen LogP contribution in [-0.4, -0.2) is 47.2 Å². The molecule has 0 N–H and O–H groups in total. The molecule has 126 valence electrons. The Hall–Kier alpha value is -0.243. The molecule has 6 heteroatoms. The van der Waals surface area contributed by atoms with E-state index in [2.05, 4.69) is 6.58 Å². The van der Waals surface area contributed by atoms with Crippen LogP contribution in [0.25, 0.3) is 0 Å². The fourth-order valence-corrected chi connectivity index (χ4v) is 2.57. The zero-order chi connectivity index (χ0) is 16.7. The molecule has 0 aromatic heterocycles. The van der Waals surface area contributed by atoms with Gasteiger partial charge in [-0.2, -0.15) is 0 Å². The van der Waals surface area contributed by atoms with Crippen molar-refractivity contribution in [3.63, 3.8) is 0 Å². The molecule has 0 bridgehead atoms. The zero-order valence-electron chi connectivity index (χ0n) is 14.8. The van der Waals surface area contributed by atoms with Crippen LogP contribution in [0.15, 0.2) is 12.7 Å². The van der Waals surface area contributed by atoms with Crippen LogP contribution in [0.4, 0.5) is 0 Å². The highest BCUT2D eigenvalue weighted by atomic mass is 28.2. The lowest BCUT2D eigenvalue weighted by molar-refractivity contribution is -0.486. The van der Waals surface area contributed by atoms with Crippen LogP contribution in [0.5, 0.6) is 0 Å². The monoisotopic (exact) mass is 320 g/mol. The van der Waals surface area contributed by atoms with Gasteiger partial charge in [-0.25, -0.2) is 0 Å². The molecule has 0 aliphatic rings. The van der Waals surface area contributed by atoms with E-state index in [0.717, 1.165) is 0 Å². The maximum Gasteiger partial charge on any atom is 0.330 e. The van der Waals surface area contributed by atoms with E-state index in [4.69, 9.17) is 23.4 Å². The molecule has 0 radical (unpaired) electrons. The molecule has 0 spiro atoms. The van der Waals surface area contributed by atoms with Gasteiger partial charge in [-0.3, -0.25) is 0 Å². The van der Waals surface area contributed by atoms with E-state index in [9.17, 15) is 0 Å². The molecule has 1 atom stereocenters. The normalized spacial score (nSPS) is 15.9. The minimum Gasteiger partial charge on any atom is -0.376 e. The molecular weight excluding hydrogens is 288 g/mol. The van der Waals surface area contributed by atoms with Crippen LogP contribution < -0.4 is 0 Å². The molecule has 0 aliphatic carbocycles. The first kappa shape index (κ1) is 20.8. The maximum absolute atomic E-state index is 5.98. The van der Waals surface area contributed by atoms with Crippen LogP contribution in [-0.2, 0) is 23.4 Å². The first-order chi connectivity index (χ1) is 9.62. The first-order valence-corrected chi connectivity index (χ1v) is 8.27. The molecule has 0 fully saturated rings. The van der Waals surface area contributed by atoms with Crippen molar-refractivity contribution in [1.29, 1.82) is 0 Å². The molecule has 0 rings (SSSR count). The van der Waals surface area contributed by atoms with Gasteiger partial charge < -0.3 is 23.4 Å². The largest absolute Gasteiger partial charge is 0.376 e. The fraction of sp³-hybridized carbons (Fsp3) is 0.867. The Balaban J connectivity index is 5.65. The summed E-state index contributed by atoms with van der Waals surface area (Å²) in [6.45, 7) is 17.3. The molecule has 5 nitrogen and oxygen atoms in total. The molecule has 1 unspecified atom stereocenters. The van der Waals surface area contributed by atoms with E-state index in [1.165, 1.54) is 0 Å². The van der Waals surface area contributed by atoms with Crippen LogP contribution in [0.1, 0.15) is 48.5 Å². The Morgan fingerprint density at radius 2 is 1.38 bits per heavy atom. The molecule has 21 heavy (non-hydrogen) atoms. The summed E-state index contributed by atoms with van der Waals surface area (Å²) in [6.07, 6.45) is 1.35. The Bertz CT molecular complexity index is 296. The summed E-state index contributed by atoms with van der Waals surface area (Å²) in [5.41, 5.74) is 0. The van der Waals surface area contributed by atoms with Crippen molar-refractivity contribution in [3.05, 3.63) is 12.7 Å². The highest BCUT2D eigenvalue weighted by Crippen LogP contribution is 2.36. The third kappa shape index (κ3) is 6.18. The third-order valence-electron chi connectivity index (χ3n) is 2.54. The summed E-state index contributed by atoms with van der Waals surface area (Å²) >= 11 is 0. The van der Waals surface area contributed by atoms with Gasteiger partial charge in [0.25, 0.3) is 0 Å². The summed E-state index contributed by atoms with van der Waals surface area (Å²) < 4.78 is 29.5. The molecule has 0 heterocycles. The molecule has 0 aromatic carbocycles. The van der Waals surface area contributed by atoms with E-state index in [1.54, 1.807) is 13.0 Å². The molecule has 0 aromatic rings. The van der Waals surface area contributed by atoms with Gasteiger partial charge in [0.15, 0.2) is 10.5 Å². The van der Waals surface area contributed by atoms with E-state index >= 15 is 0 Å². The van der Waals surface area contributed by atoms with Crippen molar-refractivity contribution in [2.45, 2.75) is 78.5 Å². The lowest BCUT2D eigenvalue weighted by Crippen LogP contribution is -2.63. The zero-order valence-corrected chi connectivity index (χ0v) is 16.8. The van der Waals surface area contributed by atoms with Crippen LogP contribution >= 0.6 is 0 Å². The Kier molecular flexibility index (Phi) is 8.92. The standard InChI is InChI=1S/C15H32O5Si/c1-9-10-16-14(8,17-11(2)3)15(20-21,18-12(4)5)19-13(6)7/h9,11-13H,1,10H2,2-8,21H3. The van der Waals surface area contributed by atoms with Crippen molar-refractivity contribution >= 4 is 10.5 Å². The summed E-state index contributed by atoms with van der Waals surface area (Å²) in [6, 6.07) is 0. The molecular formula is C15H32O5Si. The smallest absolute Gasteiger partial charge is 0.330 e. The first-order valence-electron chi connectivity index (χ1n) is 7.46.